The molecule has 0 amide bonds. The molecule has 1 heterocycles. The molecule has 1 fully saturated rings. The van der Waals surface area contributed by atoms with Gasteiger partial charge < -0.3 is 5.11 Å². The highest BCUT2D eigenvalue weighted by atomic mass is 16.4. The molecule has 20 heavy (non-hydrogen) atoms. The Morgan fingerprint density at radius 3 is 2.75 bits per heavy atom. The van der Waals surface area contributed by atoms with E-state index in [1.807, 2.05) is 13.8 Å². The fourth-order valence-electron chi connectivity index (χ4n) is 3.17. The fraction of sp³-hybridized carbons (Fsp3) is 0.857. The number of aliphatic carboxylic acids is 1. The first kappa shape index (κ1) is 14.9. The van der Waals surface area contributed by atoms with Crippen molar-refractivity contribution in [2.45, 2.75) is 58.9 Å². The quantitative estimate of drug-likeness (QED) is 0.865. The molecule has 0 spiro atoms. The lowest BCUT2D eigenvalue weighted by atomic mass is 9.95. The van der Waals surface area contributed by atoms with E-state index in [2.05, 4.69) is 22.4 Å². The summed E-state index contributed by atoms with van der Waals surface area (Å²) < 4.78 is 1.72. The van der Waals surface area contributed by atoms with Gasteiger partial charge in [0, 0.05) is 5.92 Å². The summed E-state index contributed by atoms with van der Waals surface area (Å²) in [5, 5.41) is 21.3. The van der Waals surface area contributed by atoms with Crippen molar-refractivity contribution in [2.75, 3.05) is 0 Å². The number of hydrogen-bond acceptors (Lipinski definition) is 4. The average molecular weight is 280 g/mol. The van der Waals surface area contributed by atoms with Crippen LogP contribution in [0.15, 0.2) is 0 Å². The van der Waals surface area contributed by atoms with Gasteiger partial charge in [-0.15, -0.1) is 5.10 Å². The molecule has 1 aromatic rings. The van der Waals surface area contributed by atoms with E-state index in [1.54, 1.807) is 4.68 Å². The van der Waals surface area contributed by atoms with Gasteiger partial charge in [-0.05, 0) is 41.5 Å². The molecule has 112 valence electrons. The smallest absolute Gasteiger partial charge is 0.308 e. The molecule has 1 aliphatic rings. The molecular weight excluding hydrogens is 256 g/mol. The number of carboxylic acids is 1. The van der Waals surface area contributed by atoms with E-state index in [4.69, 9.17) is 0 Å². The lowest BCUT2D eigenvalue weighted by Crippen LogP contribution is -2.24. The zero-order valence-electron chi connectivity index (χ0n) is 12.5. The largest absolute Gasteiger partial charge is 0.481 e. The van der Waals surface area contributed by atoms with Crippen molar-refractivity contribution < 1.29 is 9.90 Å². The van der Waals surface area contributed by atoms with E-state index in [9.17, 15) is 9.90 Å². The number of aromatic nitrogens is 4. The normalized spacial score (nSPS) is 24.2. The first-order chi connectivity index (χ1) is 9.49. The Balaban J connectivity index is 2.12. The SMILES string of the molecule is CC(C)CC(Cn1nnnc1C1CCCC1C)C(=O)O. The Hall–Kier alpha value is -1.46. The molecular formula is C14H24N4O2. The Bertz CT molecular complexity index is 458. The summed E-state index contributed by atoms with van der Waals surface area (Å²) in [7, 11) is 0. The van der Waals surface area contributed by atoms with E-state index in [0.717, 1.165) is 12.2 Å². The van der Waals surface area contributed by atoms with Crippen molar-refractivity contribution >= 4 is 5.97 Å². The molecule has 6 heteroatoms. The molecule has 0 radical (unpaired) electrons. The Labute approximate surface area is 119 Å². The third-order valence-corrected chi connectivity index (χ3v) is 4.25. The molecule has 1 aromatic heterocycles. The van der Waals surface area contributed by atoms with Crippen LogP contribution in [0.4, 0.5) is 0 Å². The van der Waals surface area contributed by atoms with Gasteiger partial charge in [0.1, 0.15) is 0 Å². The lowest BCUT2D eigenvalue weighted by Gasteiger charge is -2.18. The lowest BCUT2D eigenvalue weighted by molar-refractivity contribution is -0.142. The maximum atomic E-state index is 11.4. The van der Waals surface area contributed by atoms with E-state index in [-0.39, 0.29) is 0 Å². The van der Waals surface area contributed by atoms with E-state index >= 15 is 0 Å². The van der Waals surface area contributed by atoms with Crippen LogP contribution >= 0.6 is 0 Å². The van der Waals surface area contributed by atoms with Crippen LogP contribution in [0.25, 0.3) is 0 Å². The monoisotopic (exact) mass is 280 g/mol. The van der Waals surface area contributed by atoms with Gasteiger partial charge >= 0.3 is 5.97 Å². The van der Waals surface area contributed by atoms with Crippen molar-refractivity contribution in [3.8, 4) is 0 Å². The van der Waals surface area contributed by atoms with Gasteiger partial charge in [-0.25, -0.2) is 4.68 Å². The molecule has 1 N–H and O–H groups in total. The molecule has 3 atom stereocenters. The topological polar surface area (TPSA) is 80.9 Å². The minimum Gasteiger partial charge on any atom is -0.481 e. The van der Waals surface area contributed by atoms with Crippen LogP contribution in [0.2, 0.25) is 0 Å². The minimum atomic E-state index is -0.764. The Morgan fingerprint density at radius 2 is 2.20 bits per heavy atom. The molecule has 1 aliphatic carbocycles. The van der Waals surface area contributed by atoms with Crippen molar-refractivity contribution in [1.82, 2.24) is 20.2 Å². The molecule has 2 rings (SSSR count). The second kappa shape index (κ2) is 6.33. The van der Waals surface area contributed by atoms with E-state index in [1.165, 1.54) is 12.8 Å². The number of carboxylic acid groups (broad SMARTS) is 1. The van der Waals surface area contributed by atoms with Crippen LogP contribution in [0.1, 0.15) is 58.2 Å². The van der Waals surface area contributed by atoms with Gasteiger partial charge in [0.05, 0.1) is 12.5 Å². The highest BCUT2D eigenvalue weighted by Gasteiger charge is 2.31. The van der Waals surface area contributed by atoms with Gasteiger partial charge in [0.2, 0.25) is 0 Å². The molecule has 0 aromatic carbocycles. The second-order valence-electron chi connectivity index (χ2n) is 6.40. The number of hydrogen-bond donors (Lipinski definition) is 1. The van der Waals surface area contributed by atoms with E-state index in [0.29, 0.717) is 30.7 Å². The summed E-state index contributed by atoms with van der Waals surface area (Å²) >= 11 is 0. The molecule has 1 saturated carbocycles. The van der Waals surface area contributed by atoms with Crippen molar-refractivity contribution in [2.24, 2.45) is 17.8 Å². The van der Waals surface area contributed by atoms with Crippen LogP contribution in [0.3, 0.4) is 0 Å². The summed E-state index contributed by atoms with van der Waals surface area (Å²) in [6.45, 7) is 6.67. The summed E-state index contributed by atoms with van der Waals surface area (Å²) in [6.07, 6.45) is 4.15. The Morgan fingerprint density at radius 1 is 1.45 bits per heavy atom. The van der Waals surface area contributed by atoms with E-state index < -0.39 is 11.9 Å². The number of nitrogens with zero attached hydrogens (tertiary/aromatic N) is 4. The third-order valence-electron chi connectivity index (χ3n) is 4.25. The van der Waals surface area contributed by atoms with Crippen LogP contribution in [0, 0.1) is 17.8 Å². The molecule has 0 aliphatic heterocycles. The zero-order valence-corrected chi connectivity index (χ0v) is 12.5. The summed E-state index contributed by atoms with van der Waals surface area (Å²) in [6, 6.07) is 0. The summed E-state index contributed by atoms with van der Waals surface area (Å²) in [5.74, 6) is 0.978. The van der Waals surface area contributed by atoms with Crippen LogP contribution in [0.5, 0.6) is 0 Å². The first-order valence-electron chi connectivity index (χ1n) is 7.48. The van der Waals surface area contributed by atoms with Gasteiger partial charge in [-0.1, -0.05) is 27.2 Å². The molecule has 0 bridgehead atoms. The predicted octanol–water partition coefficient (Wildman–Crippen LogP) is 2.32. The standard InChI is InChI=1S/C14H24N4O2/c1-9(2)7-11(14(19)20)8-18-13(15-16-17-18)12-6-4-5-10(12)3/h9-12H,4-8H2,1-3H3,(H,19,20). The van der Waals surface area contributed by atoms with Gasteiger partial charge in [0.25, 0.3) is 0 Å². The highest BCUT2D eigenvalue weighted by molar-refractivity contribution is 5.69. The fourth-order valence-corrected chi connectivity index (χ4v) is 3.17. The highest BCUT2D eigenvalue weighted by Crippen LogP contribution is 2.38. The second-order valence-corrected chi connectivity index (χ2v) is 6.40. The van der Waals surface area contributed by atoms with Gasteiger partial charge in [0.15, 0.2) is 5.82 Å². The van der Waals surface area contributed by atoms with Gasteiger partial charge in [-0.3, -0.25) is 4.79 Å². The number of tetrazole rings is 1. The van der Waals surface area contributed by atoms with Crippen molar-refractivity contribution in [1.29, 1.82) is 0 Å². The number of carbonyl (C=O) groups is 1. The maximum absolute atomic E-state index is 11.4. The van der Waals surface area contributed by atoms with Crippen LogP contribution in [-0.2, 0) is 11.3 Å². The van der Waals surface area contributed by atoms with Gasteiger partial charge in [-0.2, -0.15) is 0 Å². The van der Waals surface area contributed by atoms with Crippen molar-refractivity contribution in [3.05, 3.63) is 5.82 Å². The zero-order chi connectivity index (χ0) is 14.7. The molecule has 6 nitrogen and oxygen atoms in total. The first-order valence-corrected chi connectivity index (χ1v) is 7.48. The average Bonchev–Trinajstić information content (AvgIpc) is 2.96. The summed E-state index contributed by atoms with van der Waals surface area (Å²) in [4.78, 5) is 11.4. The number of rotatable bonds is 6. The van der Waals surface area contributed by atoms with Crippen LogP contribution in [-0.4, -0.2) is 31.3 Å². The maximum Gasteiger partial charge on any atom is 0.308 e. The molecule has 0 saturated heterocycles. The Kier molecular flexibility index (Phi) is 4.73. The van der Waals surface area contributed by atoms with Crippen molar-refractivity contribution in [3.63, 3.8) is 0 Å². The predicted molar refractivity (Wildman–Crippen MR) is 74.2 cm³/mol. The third kappa shape index (κ3) is 3.35. The molecule has 3 unspecified atom stereocenters. The minimum absolute atomic E-state index is 0.349. The summed E-state index contributed by atoms with van der Waals surface area (Å²) in [5.41, 5.74) is 0. The van der Waals surface area contributed by atoms with Crippen LogP contribution < -0.4 is 0 Å².